The molecule has 1 unspecified atom stereocenters. The number of hydrogen-bond acceptors (Lipinski definition) is 1. The van der Waals surface area contributed by atoms with Crippen molar-refractivity contribution in [2.45, 2.75) is 52.9 Å². The molecule has 0 saturated heterocycles. The van der Waals surface area contributed by atoms with Gasteiger partial charge in [0.2, 0.25) is 0 Å². The van der Waals surface area contributed by atoms with Crippen LogP contribution >= 0.6 is 0 Å². The number of hydrogen-bond donors (Lipinski definition) is 0. The fourth-order valence-electron chi connectivity index (χ4n) is 3.05. The summed E-state index contributed by atoms with van der Waals surface area (Å²) in [6.07, 6.45) is 6.51. The van der Waals surface area contributed by atoms with E-state index in [4.69, 9.17) is 0 Å². The van der Waals surface area contributed by atoms with Gasteiger partial charge in [-0.3, -0.25) is 0 Å². The van der Waals surface area contributed by atoms with Crippen molar-refractivity contribution >= 4 is 11.4 Å². The normalized spacial score (nSPS) is 12.2. The molecule has 0 aromatic heterocycles. The Morgan fingerprint density at radius 3 is 1.96 bits per heavy atom. The number of nitrogens with zero attached hydrogens (tertiary/aromatic N) is 1. The number of anilines is 2. The molecule has 0 radical (unpaired) electrons. The molecule has 0 saturated carbocycles. The fraction of sp³-hybridized carbons (Fsp3) is 0.455. The van der Waals surface area contributed by atoms with E-state index in [2.05, 4.69) is 81.2 Å². The summed E-state index contributed by atoms with van der Waals surface area (Å²) >= 11 is 0. The van der Waals surface area contributed by atoms with Crippen molar-refractivity contribution in [3.05, 3.63) is 59.7 Å². The molecule has 1 heteroatoms. The number of aryl methyl sites for hydroxylation is 1. The van der Waals surface area contributed by atoms with E-state index >= 15 is 0 Å². The molecule has 2 rings (SSSR count). The second-order valence-corrected chi connectivity index (χ2v) is 6.68. The van der Waals surface area contributed by atoms with Gasteiger partial charge < -0.3 is 4.90 Å². The summed E-state index contributed by atoms with van der Waals surface area (Å²) in [4.78, 5) is 2.25. The van der Waals surface area contributed by atoms with Crippen LogP contribution in [-0.4, -0.2) is 7.05 Å². The van der Waals surface area contributed by atoms with Crippen molar-refractivity contribution < 1.29 is 0 Å². The van der Waals surface area contributed by atoms with Crippen LogP contribution in [0.1, 0.15) is 50.7 Å². The quantitative estimate of drug-likeness (QED) is 0.536. The van der Waals surface area contributed by atoms with E-state index in [-0.39, 0.29) is 0 Å². The van der Waals surface area contributed by atoms with Gasteiger partial charge in [0.25, 0.3) is 0 Å². The van der Waals surface area contributed by atoms with Gasteiger partial charge in [-0.15, -0.1) is 0 Å². The molecule has 0 spiro atoms. The maximum Gasteiger partial charge on any atom is 0.0408 e. The summed E-state index contributed by atoms with van der Waals surface area (Å²) in [5.74, 6) is 0.829. The monoisotopic (exact) mass is 309 g/mol. The van der Waals surface area contributed by atoms with Crippen molar-refractivity contribution in [1.29, 1.82) is 0 Å². The molecule has 2 aromatic rings. The highest BCUT2D eigenvalue weighted by atomic mass is 15.1. The number of rotatable bonds is 8. The van der Waals surface area contributed by atoms with Gasteiger partial charge in [0.1, 0.15) is 0 Å². The average molecular weight is 309 g/mol. The molecule has 0 aliphatic heterocycles. The Morgan fingerprint density at radius 2 is 1.43 bits per heavy atom. The Kier molecular flexibility index (Phi) is 6.70. The van der Waals surface area contributed by atoms with Crippen molar-refractivity contribution in [2.75, 3.05) is 11.9 Å². The third kappa shape index (κ3) is 5.13. The van der Waals surface area contributed by atoms with Crippen LogP contribution in [0, 0.1) is 12.8 Å². The van der Waals surface area contributed by atoms with Crippen molar-refractivity contribution in [2.24, 2.45) is 5.92 Å². The minimum atomic E-state index is 0.829. The zero-order chi connectivity index (χ0) is 16.7. The Balaban J connectivity index is 2.02. The van der Waals surface area contributed by atoms with Gasteiger partial charge in [-0.2, -0.15) is 0 Å². The highest BCUT2D eigenvalue weighted by molar-refractivity contribution is 5.62. The summed E-state index contributed by atoms with van der Waals surface area (Å²) in [5, 5.41) is 0. The Bertz CT molecular complexity index is 568. The lowest BCUT2D eigenvalue weighted by molar-refractivity contribution is 0.449. The van der Waals surface area contributed by atoms with E-state index in [1.807, 2.05) is 0 Å². The van der Waals surface area contributed by atoms with Gasteiger partial charge in [0.15, 0.2) is 0 Å². The Morgan fingerprint density at radius 1 is 0.870 bits per heavy atom. The van der Waals surface area contributed by atoms with E-state index in [0.717, 1.165) is 5.92 Å². The van der Waals surface area contributed by atoms with Gasteiger partial charge in [-0.1, -0.05) is 69.4 Å². The smallest absolute Gasteiger partial charge is 0.0408 e. The lowest BCUT2D eigenvalue weighted by Crippen LogP contribution is -2.09. The van der Waals surface area contributed by atoms with E-state index in [1.165, 1.54) is 54.6 Å². The summed E-state index contributed by atoms with van der Waals surface area (Å²) in [6.45, 7) is 6.73. The molecule has 2 aromatic carbocycles. The maximum absolute atomic E-state index is 2.32. The van der Waals surface area contributed by atoms with E-state index in [1.54, 1.807) is 0 Å². The second kappa shape index (κ2) is 8.76. The van der Waals surface area contributed by atoms with Crippen LogP contribution in [0.15, 0.2) is 48.5 Å². The Labute approximate surface area is 142 Å². The molecular formula is C22H31N. The van der Waals surface area contributed by atoms with Crippen LogP contribution in [-0.2, 0) is 6.42 Å². The first-order valence-corrected chi connectivity index (χ1v) is 9.03. The van der Waals surface area contributed by atoms with Crippen LogP contribution in [0.5, 0.6) is 0 Å². The number of unbranched alkanes of at least 4 members (excludes halogenated alkanes) is 1. The lowest BCUT2D eigenvalue weighted by Gasteiger charge is -2.20. The topological polar surface area (TPSA) is 3.24 Å². The fourth-order valence-corrected chi connectivity index (χ4v) is 3.05. The lowest BCUT2D eigenvalue weighted by atomic mass is 9.92. The van der Waals surface area contributed by atoms with E-state index < -0.39 is 0 Å². The molecule has 0 fully saturated rings. The summed E-state index contributed by atoms with van der Waals surface area (Å²) in [7, 11) is 2.13. The summed E-state index contributed by atoms with van der Waals surface area (Å²) in [6, 6.07) is 17.8. The molecular weight excluding hydrogens is 278 g/mol. The predicted molar refractivity (Wildman–Crippen MR) is 103 cm³/mol. The van der Waals surface area contributed by atoms with Crippen LogP contribution in [0.3, 0.4) is 0 Å². The van der Waals surface area contributed by atoms with Crippen molar-refractivity contribution in [3.8, 4) is 0 Å². The SMILES string of the molecule is CCCCC(CC)Cc1ccc(N(C)c2ccc(C)cc2)cc1. The van der Waals surface area contributed by atoms with Crippen LogP contribution < -0.4 is 4.90 Å². The van der Waals surface area contributed by atoms with Gasteiger partial charge in [0.05, 0.1) is 0 Å². The van der Waals surface area contributed by atoms with Gasteiger partial charge in [-0.25, -0.2) is 0 Å². The zero-order valence-corrected chi connectivity index (χ0v) is 15.2. The van der Waals surface area contributed by atoms with E-state index in [9.17, 15) is 0 Å². The van der Waals surface area contributed by atoms with E-state index in [0.29, 0.717) is 0 Å². The molecule has 0 bridgehead atoms. The van der Waals surface area contributed by atoms with Gasteiger partial charge in [-0.05, 0) is 49.1 Å². The molecule has 1 atom stereocenters. The van der Waals surface area contributed by atoms with Crippen molar-refractivity contribution in [3.63, 3.8) is 0 Å². The molecule has 1 nitrogen and oxygen atoms in total. The maximum atomic E-state index is 2.32. The molecule has 23 heavy (non-hydrogen) atoms. The summed E-state index contributed by atoms with van der Waals surface area (Å²) < 4.78 is 0. The number of benzene rings is 2. The first-order valence-electron chi connectivity index (χ1n) is 9.03. The molecule has 124 valence electrons. The minimum Gasteiger partial charge on any atom is -0.345 e. The molecule has 0 heterocycles. The Hall–Kier alpha value is -1.76. The van der Waals surface area contributed by atoms with Gasteiger partial charge in [0, 0.05) is 18.4 Å². The first-order chi connectivity index (χ1) is 11.1. The molecule has 0 aliphatic carbocycles. The van der Waals surface area contributed by atoms with Gasteiger partial charge >= 0.3 is 0 Å². The third-order valence-corrected chi connectivity index (χ3v) is 4.81. The minimum absolute atomic E-state index is 0.829. The highest BCUT2D eigenvalue weighted by Crippen LogP contribution is 2.25. The van der Waals surface area contributed by atoms with Crippen LogP contribution in [0.25, 0.3) is 0 Å². The van der Waals surface area contributed by atoms with Crippen molar-refractivity contribution in [1.82, 2.24) is 0 Å². The largest absolute Gasteiger partial charge is 0.345 e. The predicted octanol–water partition coefficient (Wildman–Crippen LogP) is 6.52. The second-order valence-electron chi connectivity index (χ2n) is 6.68. The van der Waals surface area contributed by atoms with Crippen LogP contribution in [0.4, 0.5) is 11.4 Å². The zero-order valence-electron chi connectivity index (χ0n) is 15.2. The molecule has 0 N–H and O–H groups in total. The average Bonchev–Trinajstić information content (AvgIpc) is 2.59. The first kappa shape index (κ1) is 17.6. The van der Waals surface area contributed by atoms with Crippen LogP contribution in [0.2, 0.25) is 0 Å². The molecule has 0 amide bonds. The standard InChI is InChI=1S/C22H31N/c1-5-7-8-19(6-2)17-20-11-15-22(16-12-20)23(4)21-13-9-18(3)10-14-21/h9-16,19H,5-8,17H2,1-4H3. The highest BCUT2D eigenvalue weighted by Gasteiger charge is 2.08. The third-order valence-electron chi connectivity index (χ3n) is 4.81. The summed E-state index contributed by atoms with van der Waals surface area (Å²) in [5.41, 5.74) is 5.25. The molecule has 0 aliphatic rings.